The quantitative estimate of drug-likeness (QED) is 0.753. The maximum absolute atomic E-state index is 12.5. The van der Waals surface area contributed by atoms with E-state index in [2.05, 4.69) is 33.4 Å². The molecular weight excluding hydrogens is 384 g/mol. The zero-order chi connectivity index (χ0) is 15.2. The van der Waals surface area contributed by atoms with Crippen molar-refractivity contribution in [2.24, 2.45) is 5.92 Å². The molecule has 1 fully saturated rings. The van der Waals surface area contributed by atoms with Crippen LogP contribution in [0.5, 0.6) is 0 Å². The van der Waals surface area contributed by atoms with Gasteiger partial charge in [0.05, 0.1) is 5.25 Å². The van der Waals surface area contributed by atoms with E-state index in [1.807, 2.05) is 31.0 Å². The highest BCUT2D eigenvalue weighted by atomic mass is 79.9. The molecule has 3 nitrogen and oxygen atoms in total. The summed E-state index contributed by atoms with van der Waals surface area (Å²) in [6.45, 7) is 4.87. The van der Waals surface area contributed by atoms with Crippen LogP contribution in [0.3, 0.4) is 0 Å². The van der Waals surface area contributed by atoms with Crippen molar-refractivity contribution in [1.29, 1.82) is 0 Å². The summed E-state index contributed by atoms with van der Waals surface area (Å²) in [5, 5.41) is 3.21. The van der Waals surface area contributed by atoms with E-state index < -0.39 is 0 Å². The fraction of sp³-hybridized carbons (Fsp3) is 0.562. The molecule has 1 saturated heterocycles. The Morgan fingerprint density at radius 3 is 2.50 bits per heavy atom. The van der Waals surface area contributed by atoms with Gasteiger partial charge in [0.1, 0.15) is 0 Å². The molecule has 0 aliphatic carbocycles. The summed E-state index contributed by atoms with van der Waals surface area (Å²) >= 11 is 5.07. The van der Waals surface area contributed by atoms with Gasteiger partial charge in [-0.1, -0.05) is 15.9 Å². The largest absolute Gasteiger partial charge is 0.342 e. The first-order valence-corrected chi connectivity index (χ1v) is 9.13. The standard InChI is InChI=1S/C16H23BrN2OS.ClH/c1-12(21-15-5-3-14(17)4-6-15)16(20)19-9-7-13(8-10-19)11-18-2;/h3-6,12-13,18H,7-11H2,1-2H3;1H. The number of thioether (sulfide) groups is 1. The molecule has 1 unspecified atom stereocenters. The molecule has 6 heteroatoms. The van der Waals surface area contributed by atoms with Gasteiger partial charge in [-0.05, 0) is 63.5 Å². The van der Waals surface area contributed by atoms with Gasteiger partial charge in [-0.15, -0.1) is 24.2 Å². The van der Waals surface area contributed by atoms with Crippen molar-refractivity contribution in [3.05, 3.63) is 28.7 Å². The van der Waals surface area contributed by atoms with Crippen LogP contribution in [0.4, 0.5) is 0 Å². The minimum absolute atomic E-state index is 0. The smallest absolute Gasteiger partial charge is 0.235 e. The highest BCUT2D eigenvalue weighted by Crippen LogP contribution is 2.27. The number of hydrogen-bond donors (Lipinski definition) is 1. The maximum atomic E-state index is 12.5. The Hall–Kier alpha value is -0.230. The van der Waals surface area contributed by atoms with Crippen molar-refractivity contribution < 1.29 is 4.79 Å². The minimum Gasteiger partial charge on any atom is -0.342 e. The van der Waals surface area contributed by atoms with Gasteiger partial charge >= 0.3 is 0 Å². The van der Waals surface area contributed by atoms with E-state index in [1.54, 1.807) is 11.8 Å². The fourth-order valence-electron chi connectivity index (χ4n) is 2.67. The number of nitrogens with one attached hydrogen (secondary N) is 1. The zero-order valence-corrected chi connectivity index (χ0v) is 16.3. The normalized spacial score (nSPS) is 17.0. The number of amides is 1. The third-order valence-corrected chi connectivity index (χ3v) is 5.52. The number of carbonyl (C=O) groups is 1. The predicted octanol–water partition coefficient (Wildman–Crippen LogP) is 3.81. The Morgan fingerprint density at radius 1 is 1.36 bits per heavy atom. The van der Waals surface area contributed by atoms with Crippen LogP contribution >= 0.6 is 40.1 Å². The highest BCUT2D eigenvalue weighted by molar-refractivity contribution is 9.10. The van der Waals surface area contributed by atoms with E-state index in [0.717, 1.165) is 41.8 Å². The second-order valence-electron chi connectivity index (χ2n) is 5.54. The molecule has 1 amide bonds. The first-order valence-electron chi connectivity index (χ1n) is 7.45. The lowest BCUT2D eigenvalue weighted by atomic mass is 9.97. The molecular formula is C16H24BrClN2OS. The van der Waals surface area contributed by atoms with Crippen molar-refractivity contribution in [3.8, 4) is 0 Å². The Labute approximate surface area is 152 Å². The molecule has 1 heterocycles. The summed E-state index contributed by atoms with van der Waals surface area (Å²) in [6, 6.07) is 8.14. The molecule has 1 aliphatic heterocycles. The maximum Gasteiger partial charge on any atom is 0.235 e. The van der Waals surface area contributed by atoms with E-state index in [1.165, 1.54) is 0 Å². The number of carbonyl (C=O) groups excluding carboxylic acids is 1. The average Bonchev–Trinajstić information content (AvgIpc) is 2.50. The SMILES string of the molecule is CNCC1CCN(C(=O)C(C)Sc2ccc(Br)cc2)CC1.Cl. The number of likely N-dealkylation sites (tertiary alicyclic amines) is 1. The predicted molar refractivity (Wildman–Crippen MR) is 99.9 cm³/mol. The Bertz CT molecular complexity index is 464. The van der Waals surface area contributed by atoms with E-state index in [-0.39, 0.29) is 23.6 Å². The van der Waals surface area contributed by atoms with Crippen molar-refractivity contribution >= 4 is 46.0 Å². The lowest BCUT2D eigenvalue weighted by Gasteiger charge is -2.33. The van der Waals surface area contributed by atoms with Gasteiger partial charge in [-0.3, -0.25) is 4.79 Å². The molecule has 1 aromatic rings. The van der Waals surface area contributed by atoms with Crippen LogP contribution in [-0.2, 0) is 4.79 Å². The van der Waals surface area contributed by atoms with Crippen LogP contribution in [-0.4, -0.2) is 42.7 Å². The van der Waals surface area contributed by atoms with Gasteiger partial charge in [0, 0.05) is 22.5 Å². The summed E-state index contributed by atoms with van der Waals surface area (Å²) in [5.74, 6) is 0.985. The first-order chi connectivity index (χ1) is 10.1. The molecule has 22 heavy (non-hydrogen) atoms. The van der Waals surface area contributed by atoms with E-state index in [0.29, 0.717) is 5.92 Å². The molecule has 124 valence electrons. The number of halogens is 2. The lowest BCUT2D eigenvalue weighted by Crippen LogP contribution is -2.43. The van der Waals surface area contributed by atoms with Gasteiger partial charge in [-0.2, -0.15) is 0 Å². The number of hydrogen-bond acceptors (Lipinski definition) is 3. The molecule has 0 radical (unpaired) electrons. The zero-order valence-electron chi connectivity index (χ0n) is 13.0. The molecule has 1 aliphatic rings. The van der Waals surface area contributed by atoms with Gasteiger partial charge in [0.2, 0.25) is 5.91 Å². The van der Waals surface area contributed by atoms with Gasteiger partial charge in [0.25, 0.3) is 0 Å². The van der Waals surface area contributed by atoms with Gasteiger partial charge in [-0.25, -0.2) is 0 Å². The van der Waals surface area contributed by atoms with Crippen LogP contribution in [0.15, 0.2) is 33.6 Å². The van der Waals surface area contributed by atoms with Crippen molar-refractivity contribution in [2.75, 3.05) is 26.7 Å². The summed E-state index contributed by atoms with van der Waals surface area (Å²) in [4.78, 5) is 15.7. The summed E-state index contributed by atoms with van der Waals surface area (Å²) < 4.78 is 1.07. The molecule has 0 aromatic heterocycles. The molecule has 0 spiro atoms. The Balaban J connectivity index is 0.00000242. The Kier molecular flexibility index (Phi) is 8.83. The minimum atomic E-state index is -0.0213. The second-order valence-corrected chi connectivity index (χ2v) is 7.87. The molecule has 1 atom stereocenters. The number of nitrogens with zero attached hydrogens (tertiary/aromatic N) is 1. The molecule has 1 N–H and O–H groups in total. The first kappa shape index (κ1) is 19.8. The fourth-order valence-corrected chi connectivity index (χ4v) is 3.89. The van der Waals surface area contributed by atoms with Crippen LogP contribution < -0.4 is 5.32 Å². The van der Waals surface area contributed by atoms with E-state index >= 15 is 0 Å². The third kappa shape index (κ3) is 5.76. The topological polar surface area (TPSA) is 32.3 Å². The summed E-state index contributed by atoms with van der Waals surface area (Å²) in [5.41, 5.74) is 0. The summed E-state index contributed by atoms with van der Waals surface area (Å²) in [7, 11) is 1.99. The summed E-state index contributed by atoms with van der Waals surface area (Å²) in [6.07, 6.45) is 2.23. The van der Waals surface area contributed by atoms with E-state index in [4.69, 9.17) is 0 Å². The van der Waals surface area contributed by atoms with Crippen molar-refractivity contribution in [2.45, 2.75) is 29.9 Å². The van der Waals surface area contributed by atoms with E-state index in [9.17, 15) is 4.79 Å². The van der Waals surface area contributed by atoms with Crippen LogP contribution in [0.25, 0.3) is 0 Å². The number of piperidine rings is 1. The average molecular weight is 408 g/mol. The lowest BCUT2D eigenvalue weighted by molar-refractivity contribution is -0.131. The van der Waals surface area contributed by atoms with Gasteiger partial charge in [0.15, 0.2) is 0 Å². The molecule has 2 rings (SSSR count). The second kappa shape index (κ2) is 9.81. The van der Waals surface area contributed by atoms with Crippen LogP contribution in [0, 0.1) is 5.92 Å². The van der Waals surface area contributed by atoms with Crippen LogP contribution in [0.2, 0.25) is 0 Å². The third-order valence-electron chi connectivity index (χ3n) is 3.89. The molecule has 1 aromatic carbocycles. The Morgan fingerprint density at radius 2 is 1.95 bits per heavy atom. The number of benzene rings is 1. The number of rotatable bonds is 5. The molecule has 0 saturated carbocycles. The molecule has 0 bridgehead atoms. The van der Waals surface area contributed by atoms with Gasteiger partial charge < -0.3 is 10.2 Å². The van der Waals surface area contributed by atoms with Crippen molar-refractivity contribution in [3.63, 3.8) is 0 Å². The van der Waals surface area contributed by atoms with Crippen molar-refractivity contribution in [1.82, 2.24) is 10.2 Å². The monoisotopic (exact) mass is 406 g/mol. The van der Waals surface area contributed by atoms with Crippen LogP contribution in [0.1, 0.15) is 19.8 Å². The highest BCUT2D eigenvalue weighted by Gasteiger charge is 2.26.